The lowest BCUT2D eigenvalue weighted by molar-refractivity contribution is -0.137. The second-order valence-electron chi connectivity index (χ2n) is 8.32. The van der Waals surface area contributed by atoms with E-state index in [-0.39, 0.29) is 30.0 Å². The number of carbonyl (C=O) groups is 1. The maximum atomic E-state index is 13.3. The molecule has 0 saturated carbocycles. The lowest BCUT2D eigenvalue weighted by Crippen LogP contribution is -2.27. The molecule has 4 aromatic rings. The van der Waals surface area contributed by atoms with Gasteiger partial charge in [0.1, 0.15) is 6.61 Å². The Kier molecular flexibility index (Phi) is 5.83. The van der Waals surface area contributed by atoms with Gasteiger partial charge in [-0.05, 0) is 67.6 Å². The van der Waals surface area contributed by atoms with Crippen LogP contribution < -0.4 is 15.6 Å². The highest BCUT2D eigenvalue weighted by atomic mass is 19.4. The number of benzene rings is 2. The van der Waals surface area contributed by atoms with E-state index in [1.807, 2.05) is 19.1 Å². The highest BCUT2D eigenvalue weighted by Crippen LogP contribution is 2.33. The Balaban J connectivity index is 1.61. The van der Waals surface area contributed by atoms with Gasteiger partial charge in [-0.25, -0.2) is 0 Å². The monoisotopic (exact) mass is 491 g/mol. The van der Waals surface area contributed by atoms with Crippen LogP contribution >= 0.6 is 0 Å². The number of alkyl halides is 3. The maximum Gasteiger partial charge on any atom is 0.416 e. The molecule has 5 rings (SSSR count). The Bertz CT molecular complexity index is 1540. The van der Waals surface area contributed by atoms with Crippen molar-refractivity contribution >= 4 is 22.9 Å². The zero-order valence-electron chi connectivity index (χ0n) is 19.0. The topological polar surface area (TPSA) is 73.2 Å². The van der Waals surface area contributed by atoms with E-state index in [0.717, 1.165) is 12.1 Å². The third-order valence-corrected chi connectivity index (χ3v) is 5.97. The van der Waals surface area contributed by atoms with Crippen molar-refractivity contribution in [3.8, 4) is 11.4 Å². The van der Waals surface area contributed by atoms with Crippen LogP contribution in [0.1, 0.15) is 40.1 Å². The van der Waals surface area contributed by atoms with Gasteiger partial charge in [-0.3, -0.25) is 19.1 Å². The summed E-state index contributed by atoms with van der Waals surface area (Å²) in [6.45, 7) is 2.00. The fraction of sp³-hybridized carbons (Fsp3) is 0.148. The molecule has 0 spiro atoms. The van der Waals surface area contributed by atoms with E-state index in [9.17, 15) is 22.8 Å². The zero-order valence-corrected chi connectivity index (χ0v) is 19.0. The van der Waals surface area contributed by atoms with E-state index in [4.69, 9.17) is 4.74 Å². The number of rotatable bonds is 4. The van der Waals surface area contributed by atoms with Crippen molar-refractivity contribution in [3.05, 3.63) is 106 Å². The molecule has 36 heavy (non-hydrogen) atoms. The SMILES string of the molecule is C[C@H](NC(=O)c1ccc2c(c1)c1c(c(=O)n2-c2ccc(C(F)(F)F)cc2)OCC=C1)c1ccccn1. The molecule has 2 aromatic heterocycles. The van der Waals surface area contributed by atoms with Crippen molar-refractivity contribution < 1.29 is 22.7 Å². The van der Waals surface area contributed by atoms with Gasteiger partial charge in [0.2, 0.25) is 0 Å². The average molecular weight is 491 g/mol. The first-order valence-corrected chi connectivity index (χ1v) is 11.2. The normalized spacial score (nSPS) is 13.7. The molecule has 182 valence electrons. The van der Waals surface area contributed by atoms with E-state index in [1.165, 1.54) is 16.7 Å². The van der Waals surface area contributed by atoms with Gasteiger partial charge in [0, 0.05) is 28.4 Å². The van der Waals surface area contributed by atoms with E-state index >= 15 is 0 Å². The van der Waals surface area contributed by atoms with Crippen molar-refractivity contribution in [2.45, 2.75) is 19.1 Å². The smallest absolute Gasteiger partial charge is 0.416 e. The molecular formula is C27H20F3N3O3. The molecule has 1 N–H and O–H groups in total. The van der Waals surface area contributed by atoms with Crippen LogP contribution in [0, 0.1) is 0 Å². The van der Waals surface area contributed by atoms with Gasteiger partial charge in [0.15, 0.2) is 5.75 Å². The van der Waals surface area contributed by atoms with E-state index in [1.54, 1.807) is 42.6 Å². The summed E-state index contributed by atoms with van der Waals surface area (Å²) in [5.74, 6) is -0.263. The number of hydrogen-bond acceptors (Lipinski definition) is 4. The van der Waals surface area contributed by atoms with Crippen LogP contribution in [-0.4, -0.2) is 22.1 Å². The van der Waals surface area contributed by atoms with Crippen LogP contribution in [0.3, 0.4) is 0 Å². The second-order valence-corrected chi connectivity index (χ2v) is 8.32. The van der Waals surface area contributed by atoms with Gasteiger partial charge < -0.3 is 10.1 Å². The van der Waals surface area contributed by atoms with Gasteiger partial charge >= 0.3 is 6.18 Å². The van der Waals surface area contributed by atoms with Crippen LogP contribution in [-0.2, 0) is 6.18 Å². The number of ether oxygens (including phenoxy) is 1. The number of nitrogens with zero attached hydrogens (tertiary/aromatic N) is 2. The summed E-state index contributed by atoms with van der Waals surface area (Å²) in [4.78, 5) is 30.6. The minimum absolute atomic E-state index is 0.0734. The summed E-state index contributed by atoms with van der Waals surface area (Å²) in [6.07, 6.45) is 0.647. The van der Waals surface area contributed by atoms with Crippen LogP contribution in [0.5, 0.6) is 5.75 Å². The Hall–Kier alpha value is -4.40. The summed E-state index contributed by atoms with van der Waals surface area (Å²) in [7, 11) is 0. The molecule has 1 amide bonds. The lowest BCUT2D eigenvalue weighted by atomic mass is 10.0. The molecule has 0 unspecified atom stereocenters. The minimum atomic E-state index is -4.50. The number of fused-ring (bicyclic) bond motifs is 3. The van der Waals surface area contributed by atoms with Crippen LogP contribution in [0.2, 0.25) is 0 Å². The highest BCUT2D eigenvalue weighted by molar-refractivity contribution is 6.01. The fourth-order valence-corrected chi connectivity index (χ4v) is 4.18. The van der Waals surface area contributed by atoms with Gasteiger partial charge in [-0.15, -0.1) is 0 Å². The highest BCUT2D eigenvalue weighted by Gasteiger charge is 2.30. The van der Waals surface area contributed by atoms with E-state index in [2.05, 4.69) is 10.3 Å². The van der Waals surface area contributed by atoms with Crippen LogP contribution in [0.25, 0.3) is 22.7 Å². The summed E-state index contributed by atoms with van der Waals surface area (Å²) in [5, 5.41) is 3.46. The van der Waals surface area contributed by atoms with Crippen molar-refractivity contribution in [1.82, 2.24) is 14.9 Å². The first-order valence-electron chi connectivity index (χ1n) is 11.2. The largest absolute Gasteiger partial charge is 0.483 e. The second kappa shape index (κ2) is 8.99. The summed E-state index contributed by atoms with van der Waals surface area (Å²) in [5.41, 5.74) is 0.935. The van der Waals surface area contributed by atoms with Crippen LogP contribution in [0.4, 0.5) is 13.2 Å². The molecule has 0 bridgehead atoms. The predicted octanol–water partition coefficient (Wildman–Crippen LogP) is 5.30. The molecule has 1 aliphatic heterocycles. The molecule has 1 aliphatic rings. The predicted molar refractivity (Wildman–Crippen MR) is 129 cm³/mol. The fourth-order valence-electron chi connectivity index (χ4n) is 4.18. The number of nitrogens with one attached hydrogen (secondary N) is 1. The zero-order chi connectivity index (χ0) is 25.4. The standard InChI is InChI=1S/C27H20F3N3O3/c1-16(22-6-2-3-13-31-22)32-25(34)17-7-12-23-21(15-17)20-5-4-14-36-24(20)26(35)33(23)19-10-8-18(9-11-19)27(28,29)30/h2-13,15-16H,14H2,1H3,(H,32,34)/t16-/m0/s1. The Morgan fingerprint density at radius 1 is 1.11 bits per heavy atom. The maximum absolute atomic E-state index is 13.3. The Labute approximate surface area is 203 Å². The lowest BCUT2D eigenvalue weighted by Gasteiger charge is -2.20. The minimum Gasteiger partial charge on any atom is -0.483 e. The van der Waals surface area contributed by atoms with Crippen molar-refractivity contribution in [2.75, 3.05) is 6.61 Å². The molecule has 9 heteroatoms. The molecule has 2 aromatic carbocycles. The number of pyridine rings is 2. The van der Waals surface area contributed by atoms with Gasteiger partial charge in [0.25, 0.3) is 11.5 Å². The molecule has 3 heterocycles. The van der Waals surface area contributed by atoms with Crippen molar-refractivity contribution in [1.29, 1.82) is 0 Å². The number of carbonyl (C=O) groups excluding carboxylic acids is 1. The van der Waals surface area contributed by atoms with Crippen LogP contribution in [0.15, 0.2) is 77.7 Å². The van der Waals surface area contributed by atoms with Gasteiger partial charge in [-0.1, -0.05) is 12.1 Å². The number of halogens is 3. The van der Waals surface area contributed by atoms with E-state index in [0.29, 0.717) is 27.7 Å². The van der Waals surface area contributed by atoms with E-state index < -0.39 is 17.3 Å². The first-order chi connectivity index (χ1) is 17.2. The molecule has 0 radical (unpaired) electrons. The molecule has 0 saturated heterocycles. The summed E-state index contributed by atoms with van der Waals surface area (Å²) in [6, 6.07) is 14.3. The average Bonchev–Trinajstić information content (AvgIpc) is 2.89. The summed E-state index contributed by atoms with van der Waals surface area (Å²) >= 11 is 0. The number of amides is 1. The molecule has 1 atom stereocenters. The van der Waals surface area contributed by atoms with Gasteiger partial charge in [0.05, 0.1) is 22.8 Å². The number of hydrogen-bond donors (Lipinski definition) is 1. The quantitative estimate of drug-likeness (QED) is 0.421. The van der Waals surface area contributed by atoms with Crippen molar-refractivity contribution in [3.63, 3.8) is 0 Å². The Morgan fingerprint density at radius 2 is 1.89 bits per heavy atom. The third kappa shape index (κ3) is 4.24. The molecule has 0 aliphatic carbocycles. The Morgan fingerprint density at radius 3 is 2.58 bits per heavy atom. The summed E-state index contributed by atoms with van der Waals surface area (Å²) < 4.78 is 46.1. The molecular weight excluding hydrogens is 471 g/mol. The van der Waals surface area contributed by atoms with Gasteiger partial charge in [-0.2, -0.15) is 13.2 Å². The molecule has 0 fully saturated rings. The first kappa shape index (κ1) is 23.3. The molecule has 6 nitrogen and oxygen atoms in total. The number of aromatic nitrogens is 2. The third-order valence-electron chi connectivity index (χ3n) is 5.97. The van der Waals surface area contributed by atoms with Crippen molar-refractivity contribution in [2.24, 2.45) is 0 Å².